The molecule has 6 nitrogen and oxygen atoms in total. The molecule has 0 radical (unpaired) electrons. The van der Waals surface area contributed by atoms with E-state index < -0.39 is 17.7 Å². The lowest BCUT2D eigenvalue weighted by Crippen LogP contribution is -2.42. The van der Waals surface area contributed by atoms with Crippen LogP contribution < -0.4 is 10.2 Å². The van der Waals surface area contributed by atoms with Crippen LogP contribution >= 0.6 is 36.4 Å². The molecule has 2 heterocycles. The Labute approximate surface area is 198 Å². The molecule has 0 aliphatic rings. The molecule has 1 atom stereocenters. The van der Waals surface area contributed by atoms with Crippen LogP contribution in [0.3, 0.4) is 0 Å². The van der Waals surface area contributed by atoms with E-state index in [0.29, 0.717) is 17.1 Å². The van der Waals surface area contributed by atoms with Gasteiger partial charge in [0.1, 0.15) is 23.5 Å². The molecule has 4 aromatic rings. The molecule has 2 aromatic carbocycles. The first-order valence-electron chi connectivity index (χ1n) is 9.20. The van der Waals surface area contributed by atoms with Gasteiger partial charge in [-0.3, -0.25) is 4.79 Å². The smallest absolute Gasteiger partial charge is 0.249 e. The van der Waals surface area contributed by atoms with Crippen molar-refractivity contribution in [1.29, 1.82) is 0 Å². The Balaban J connectivity index is 0.00000289. The average Bonchev–Trinajstić information content (AvgIpc) is 3.19. The molecule has 0 unspecified atom stereocenters. The lowest BCUT2D eigenvalue weighted by Gasteiger charge is -2.25. The molecule has 2 aromatic heterocycles. The van der Waals surface area contributed by atoms with Crippen molar-refractivity contribution in [3.05, 3.63) is 76.7 Å². The summed E-state index contributed by atoms with van der Waals surface area (Å²) in [5, 5.41) is 3.01. The van der Waals surface area contributed by atoms with Crippen LogP contribution in [0.25, 0.3) is 10.2 Å². The number of carbonyl (C=O) groups is 1. The number of anilines is 2. The van der Waals surface area contributed by atoms with Crippen molar-refractivity contribution >= 4 is 64.1 Å². The van der Waals surface area contributed by atoms with Gasteiger partial charge in [0.2, 0.25) is 11.2 Å². The number of hydrogen-bond acceptors (Lipinski definition) is 6. The van der Waals surface area contributed by atoms with E-state index in [2.05, 4.69) is 20.3 Å². The maximum Gasteiger partial charge on any atom is 0.249 e. The summed E-state index contributed by atoms with van der Waals surface area (Å²) in [7, 11) is 1.63. The molecule has 0 saturated carbocycles. The molecule has 0 spiro atoms. The molecule has 11 heteroatoms. The van der Waals surface area contributed by atoms with Crippen molar-refractivity contribution < 1.29 is 13.6 Å². The van der Waals surface area contributed by atoms with Gasteiger partial charge in [-0.15, -0.1) is 11.3 Å². The van der Waals surface area contributed by atoms with Crippen LogP contribution in [0.5, 0.6) is 0 Å². The van der Waals surface area contributed by atoms with Gasteiger partial charge in [0.15, 0.2) is 0 Å². The van der Waals surface area contributed by atoms with Crippen LogP contribution in [-0.2, 0) is 11.2 Å². The van der Waals surface area contributed by atoms with E-state index in [4.69, 9.17) is 11.6 Å². The minimum absolute atomic E-state index is 0. The summed E-state index contributed by atoms with van der Waals surface area (Å²) in [5.74, 6) is -1.44. The van der Waals surface area contributed by atoms with E-state index in [9.17, 15) is 13.6 Å². The molecule has 166 valence electrons. The lowest BCUT2D eigenvalue weighted by atomic mass is 10.0. The summed E-state index contributed by atoms with van der Waals surface area (Å²) in [6, 6.07) is 9.37. The normalized spacial score (nSPS) is 11.6. The summed E-state index contributed by atoms with van der Waals surface area (Å²) in [6.45, 7) is 0. The number of halogens is 3. The largest absolute Gasteiger partial charge is 0.358 e. The van der Waals surface area contributed by atoms with Crippen LogP contribution in [0.2, 0.25) is 5.28 Å². The number of nitrogens with zero attached hydrogens (tertiary/aromatic N) is 4. The summed E-state index contributed by atoms with van der Waals surface area (Å²) < 4.78 is 28.4. The molecule has 0 aliphatic carbocycles. The average molecular weight is 494 g/mol. The van der Waals surface area contributed by atoms with E-state index in [0.717, 1.165) is 16.3 Å². The number of carbonyl (C=O) groups excluding carboxylic acids is 1. The number of likely N-dealkylation sites (N-methyl/N-ethyl adjacent to an activating group) is 1. The third-order valence-electron chi connectivity index (χ3n) is 4.64. The van der Waals surface area contributed by atoms with Crippen molar-refractivity contribution in [2.75, 3.05) is 17.3 Å². The van der Waals surface area contributed by atoms with Gasteiger partial charge in [-0.1, -0.05) is 0 Å². The molecule has 0 fully saturated rings. The molecule has 4 rings (SSSR count). The quantitative estimate of drug-likeness (QED) is 0.390. The second-order valence-corrected chi connectivity index (χ2v) is 8.02. The van der Waals surface area contributed by atoms with E-state index >= 15 is 0 Å². The van der Waals surface area contributed by atoms with Crippen LogP contribution in [0.15, 0.2) is 54.2 Å². The monoisotopic (exact) mass is 493 g/mol. The van der Waals surface area contributed by atoms with Gasteiger partial charge < -0.3 is 10.2 Å². The Hall–Kier alpha value is -2.82. The van der Waals surface area contributed by atoms with Gasteiger partial charge in [-0.2, -0.15) is 13.5 Å². The third-order valence-corrected chi connectivity index (χ3v) is 5.63. The first kappa shape index (κ1) is 23.8. The van der Waals surface area contributed by atoms with Crippen LogP contribution in [0, 0.1) is 11.6 Å². The summed E-state index contributed by atoms with van der Waals surface area (Å²) >= 11 is 7.36. The SMILES string of the molecule is CN(C(=O)[C@H](Cc1cc(F)cc(F)c1)Nc1ccnc(Cl)n1)c1ccc2scnc2c1.S. The Morgan fingerprint density at radius 3 is 2.62 bits per heavy atom. The minimum Gasteiger partial charge on any atom is -0.358 e. The summed E-state index contributed by atoms with van der Waals surface area (Å²) in [6.07, 6.45) is 1.47. The predicted octanol–water partition coefficient (Wildman–Crippen LogP) is 4.82. The number of hydrogen-bond donors (Lipinski definition) is 1. The Kier molecular flexibility index (Phi) is 7.60. The molecule has 0 bridgehead atoms. The zero-order valence-electron chi connectivity index (χ0n) is 16.7. The van der Waals surface area contributed by atoms with Gasteiger partial charge in [0.25, 0.3) is 0 Å². The number of amides is 1. The van der Waals surface area contributed by atoms with E-state index in [1.807, 2.05) is 18.2 Å². The molecule has 32 heavy (non-hydrogen) atoms. The van der Waals surface area contributed by atoms with Gasteiger partial charge in [-0.05, 0) is 53.6 Å². The highest BCUT2D eigenvalue weighted by atomic mass is 35.5. The Morgan fingerprint density at radius 1 is 1.16 bits per heavy atom. The fourth-order valence-corrected chi connectivity index (χ4v) is 3.98. The van der Waals surface area contributed by atoms with E-state index in [1.54, 1.807) is 18.6 Å². The summed E-state index contributed by atoms with van der Waals surface area (Å²) in [4.78, 5) is 27.0. The number of thiazole rings is 1. The first-order valence-corrected chi connectivity index (χ1v) is 10.5. The number of fused-ring (bicyclic) bond motifs is 1. The molecular weight excluding hydrogens is 476 g/mol. The maximum absolute atomic E-state index is 13.7. The van der Waals surface area contributed by atoms with Crippen molar-refractivity contribution in [3.8, 4) is 0 Å². The lowest BCUT2D eigenvalue weighted by molar-refractivity contribution is -0.119. The van der Waals surface area contributed by atoms with Gasteiger partial charge >= 0.3 is 0 Å². The number of rotatable bonds is 6. The van der Waals surface area contributed by atoms with Crippen molar-refractivity contribution in [1.82, 2.24) is 15.0 Å². The van der Waals surface area contributed by atoms with E-state index in [-0.39, 0.29) is 31.1 Å². The molecule has 0 saturated heterocycles. The standard InChI is InChI=1S/C21H16ClF2N5OS.H2S/c1-29(15-2-3-18-16(10-15)26-11-31-18)20(30)17(27-19-4-5-25-21(22)28-19)8-12-6-13(23)9-14(24)7-12;/h2-7,9-11,17H,8H2,1H3,(H,25,27,28);1H2/t17-;/m0./s1. The molecule has 1 N–H and O–H groups in total. The highest BCUT2D eigenvalue weighted by molar-refractivity contribution is 7.59. The minimum atomic E-state index is -0.872. The topological polar surface area (TPSA) is 71.0 Å². The van der Waals surface area contributed by atoms with Crippen LogP contribution in [0.1, 0.15) is 5.56 Å². The van der Waals surface area contributed by atoms with Crippen molar-refractivity contribution in [2.24, 2.45) is 0 Å². The highest BCUT2D eigenvalue weighted by Gasteiger charge is 2.25. The molecular formula is C21H18ClF2N5OS2. The summed E-state index contributed by atoms with van der Waals surface area (Å²) in [5.41, 5.74) is 3.48. The Morgan fingerprint density at radius 2 is 1.91 bits per heavy atom. The van der Waals surface area contributed by atoms with Crippen LogP contribution in [0.4, 0.5) is 20.3 Å². The van der Waals surface area contributed by atoms with Crippen LogP contribution in [-0.4, -0.2) is 33.9 Å². The Bertz CT molecular complexity index is 1240. The molecule has 1 amide bonds. The third kappa shape index (κ3) is 5.50. The van der Waals surface area contributed by atoms with E-state index in [1.165, 1.54) is 34.6 Å². The van der Waals surface area contributed by atoms with Gasteiger partial charge in [0.05, 0.1) is 15.7 Å². The number of aromatic nitrogens is 3. The van der Waals surface area contributed by atoms with Gasteiger partial charge in [0, 0.05) is 31.4 Å². The molecule has 0 aliphatic heterocycles. The zero-order chi connectivity index (χ0) is 22.0. The predicted molar refractivity (Wildman–Crippen MR) is 128 cm³/mol. The highest BCUT2D eigenvalue weighted by Crippen LogP contribution is 2.25. The second-order valence-electron chi connectivity index (χ2n) is 6.79. The van der Waals surface area contributed by atoms with Crippen molar-refractivity contribution in [3.63, 3.8) is 0 Å². The fourth-order valence-electron chi connectivity index (χ4n) is 3.17. The first-order chi connectivity index (χ1) is 14.9. The van der Waals surface area contributed by atoms with Crippen molar-refractivity contribution in [2.45, 2.75) is 12.5 Å². The van der Waals surface area contributed by atoms with Gasteiger partial charge in [-0.25, -0.2) is 23.7 Å². The second kappa shape index (κ2) is 10.2. The zero-order valence-corrected chi connectivity index (χ0v) is 19.3. The fraction of sp³-hybridized carbons (Fsp3) is 0.143. The number of nitrogens with one attached hydrogen (secondary N) is 1. The number of benzene rings is 2. The maximum atomic E-state index is 13.7.